The van der Waals surface area contributed by atoms with Crippen LogP contribution in [0.3, 0.4) is 0 Å². The van der Waals surface area contributed by atoms with Crippen molar-refractivity contribution in [3.63, 3.8) is 0 Å². The molecule has 9 atom stereocenters. The van der Waals surface area contributed by atoms with Gasteiger partial charge in [0.1, 0.15) is 22.9 Å². The number of nitrogens with zero attached hydrogens (tertiary/aromatic N) is 3. The van der Waals surface area contributed by atoms with Gasteiger partial charge in [-0.3, -0.25) is 24.2 Å². The van der Waals surface area contributed by atoms with E-state index in [0.29, 0.717) is 37.1 Å². The number of aliphatic hydroxyl groups is 1. The van der Waals surface area contributed by atoms with Crippen LogP contribution in [0.2, 0.25) is 0 Å². The van der Waals surface area contributed by atoms with Crippen molar-refractivity contribution in [3.8, 4) is 5.75 Å². The van der Waals surface area contributed by atoms with Gasteiger partial charge in [-0.25, -0.2) is 0 Å². The molecular weight excluding hydrogens is 799 g/mol. The summed E-state index contributed by atoms with van der Waals surface area (Å²) in [4.78, 5) is 53.3. The van der Waals surface area contributed by atoms with Gasteiger partial charge in [-0.05, 0) is 80.0 Å². The fourth-order valence-corrected chi connectivity index (χ4v) is 13.7. The SMILES string of the molecule is CCC1=C[C@@H]2CN(CCc3c([nH]c4ccccc34)[C@@](C(=O)OC)(c3cc4c(cc3OC)N(C)[C@H]3[C@@](O)(CNC(=O)c5ccco5)[C@H](OC(C)=O)[C@]5(CC)C=CCN6CC[C@]43[C@@H]65)C2)C1. The third-order valence-corrected chi connectivity index (χ3v) is 15.9. The lowest BCUT2D eigenvalue weighted by Crippen LogP contribution is -2.81. The van der Waals surface area contributed by atoms with Crippen molar-refractivity contribution >= 4 is 34.4 Å². The predicted molar refractivity (Wildman–Crippen MR) is 238 cm³/mol. The van der Waals surface area contributed by atoms with Crippen LogP contribution in [0.1, 0.15) is 79.4 Å². The Morgan fingerprint density at radius 1 is 1.05 bits per heavy atom. The molecule has 2 fully saturated rings. The number of fused-ring (bicyclic) bond motifs is 6. The number of benzene rings is 2. The number of aromatic amines is 1. The predicted octanol–water partition coefficient (Wildman–Crippen LogP) is 5.65. The fraction of sp³-hybridized carbons (Fsp3) is 0.500. The van der Waals surface area contributed by atoms with Gasteiger partial charge in [0.2, 0.25) is 0 Å². The Kier molecular flexibility index (Phi) is 10.00. The maximum absolute atomic E-state index is 15.4. The standard InChI is InChI=1S/C50H59N5O8/c1-7-31-23-32-26-49(46(58)61-6,41-34(16-20-54(27-31)28-32)33-13-9-10-14-37(33)52-41)36-24-35-38(25-40(36)60-5)53(4)44-48(35)18-21-55-19-12-17-47(8-2,43(48)55)45(63-30(3)56)50(44,59)29-51-42(57)39-15-11-22-62-39/h9-15,17,22-25,32,43-45,52,59H,7-8,16,18-21,26-29H2,1-6H3,(H,51,57)/t32-,43-,44+,45+,47+,48+,49-,50-/m0/s1. The molecule has 332 valence electrons. The van der Waals surface area contributed by atoms with Gasteiger partial charge in [-0.2, -0.15) is 0 Å². The summed E-state index contributed by atoms with van der Waals surface area (Å²) in [6.45, 7) is 9.41. The number of amides is 1. The summed E-state index contributed by atoms with van der Waals surface area (Å²) < 4.78 is 24.3. The second-order valence-electron chi connectivity index (χ2n) is 18.8. The maximum Gasteiger partial charge on any atom is 0.322 e. The van der Waals surface area contributed by atoms with Gasteiger partial charge in [0.05, 0.1) is 33.1 Å². The number of aromatic nitrogens is 1. The van der Waals surface area contributed by atoms with E-state index >= 15 is 4.79 Å². The van der Waals surface area contributed by atoms with Crippen LogP contribution in [0.15, 0.2) is 83.0 Å². The zero-order valence-electron chi connectivity index (χ0n) is 37.2. The molecule has 1 saturated carbocycles. The van der Waals surface area contributed by atoms with Crippen LogP contribution in [0.4, 0.5) is 5.69 Å². The van der Waals surface area contributed by atoms with Crippen molar-refractivity contribution in [2.24, 2.45) is 11.3 Å². The number of likely N-dealkylation sites (N-methyl/N-ethyl adjacent to an activating group) is 1. The number of carbonyl (C=O) groups is 3. The monoisotopic (exact) mass is 857 g/mol. The summed E-state index contributed by atoms with van der Waals surface area (Å²) in [5, 5.41) is 17.9. The molecule has 0 radical (unpaired) electrons. The van der Waals surface area contributed by atoms with Crippen molar-refractivity contribution in [1.82, 2.24) is 20.1 Å². The first-order valence-electron chi connectivity index (χ1n) is 22.6. The molecule has 1 aliphatic carbocycles. The second-order valence-corrected chi connectivity index (χ2v) is 18.8. The van der Waals surface area contributed by atoms with Crippen molar-refractivity contribution in [2.45, 2.75) is 87.5 Å². The Bertz CT molecular complexity index is 2550. The highest BCUT2D eigenvalue weighted by atomic mass is 16.6. The van der Waals surface area contributed by atoms with E-state index in [1.807, 2.05) is 19.2 Å². The third kappa shape index (κ3) is 5.80. The van der Waals surface area contributed by atoms with Gasteiger partial charge < -0.3 is 38.9 Å². The molecule has 1 amide bonds. The maximum atomic E-state index is 15.4. The highest BCUT2D eigenvalue weighted by Gasteiger charge is 2.78. The molecule has 1 unspecified atom stereocenters. The molecular formula is C50H59N5O8. The number of methoxy groups -OCH3 is 2. The molecule has 63 heavy (non-hydrogen) atoms. The van der Waals surface area contributed by atoms with E-state index < -0.39 is 45.9 Å². The first-order chi connectivity index (χ1) is 30.4. The summed E-state index contributed by atoms with van der Waals surface area (Å²) in [7, 11) is 5.10. The van der Waals surface area contributed by atoms with Crippen LogP contribution < -0.4 is 15.0 Å². The number of para-hydroxylation sites is 1. The largest absolute Gasteiger partial charge is 0.496 e. The highest BCUT2D eigenvalue weighted by molar-refractivity contribution is 5.94. The molecule has 5 aliphatic heterocycles. The summed E-state index contributed by atoms with van der Waals surface area (Å²) in [5.74, 6) is -0.702. The van der Waals surface area contributed by atoms with Crippen LogP contribution in [0.5, 0.6) is 5.75 Å². The number of furan rings is 1. The first-order valence-corrected chi connectivity index (χ1v) is 22.6. The van der Waals surface area contributed by atoms with Crippen molar-refractivity contribution < 1.29 is 38.1 Å². The summed E-state index contributed by atoms with van der Waals surface area (Å²) in [6, 6.07) is 14.8. The summed E-state index contributed by atoms with van der Waals surface area (Å²) in [6.07, 6.45) is 10.4. The third-order valence-electron chi connectivity index (χ3n) is 15.9. The van der Waals surface area contributed by atoms with E-state index in [2.05, 4.69) is 81.3 Å². The van der Waals surface area contributed by atoms with Crippen molar-refractivity contribution in [1.29, 1.82) is 0 Å². The van der Waals surface area contributed by atoms with E-state index in [-0.39, 0.29) is 30.2 Å². The lowest BCUT2D eigenvalue weighted by molar-refractivity contribution is -0.216. The smallest absolute Gasteiger partial charge is 0.322 e. The number of carbonyl (C=O) groups excluding carboxylic acids is 3. The molecule has 6 aliphatic rings. The van der Waals surface area contributed by atoms with Crippen LogP contribution in [0, 0.1) is 11.3 Å². The number of rotatable bonds is 9. The van der Waals surface area contributed by atoms with E-state index in [1.54, 1.807) is 19.2 Å². The quantitative estimate of drug-likeness (QED) is 0.142. The molecule has 4 aromatic rings. The number of ether oxygens (including phenoxy) is 3. The van der Waals surface area contributed by atoms with Gasteiger partial charge in [0.15, 0.2) is 5.76 Å². The number of hydrogen-bond acceptors (Lipinski definition) is 11. The molecule has 7 heterocycles. The average Bonchev–Trinajstić information content (AvgIpc) is 4.10. The minimum absolute atomic E-state index is 0.0249. The Labute approximate surface area is 368 Å². The molecule has 13 nitrogen and oxygen atoms in total. The Hall–Kier alpha value is -5.37. The van der Waals surface area contributed by atoms with E-state index in [0.717, 1.165) is 72.4 Å². The van der Waals surface area contributed by atoms with Crippen LogP contribution >= 0.6 is 0 Å². The normalized spacial score (nSPS) is 32.9. The van der Waals surface area contributed by atoms with Gasteiger partial charge in [-0.15, -0.1) is 0 Å². The van der Waals surface area contributed by atoms with Crippen molar-refractivity contribution in [3.05, 3.63) is 107 Å². The molecule has 2 bridgehead atoms. The highest BCUT2D eigenvalue weighted by Crippen LogP contribution is 2.68. The lowest BCUT2D eigenvalue weighted by atomic mass is 9.47. The number of anilines is 1. The Morgan fingerprint density at radius 2 is 1.87 bits per heavy atom. The molecule has 2 aromatic heterocycles. The van der Waals surface area contributed by atoms with E-state index in [1.165, 1.54) is 25.9 Å². The minimum atomic E-state index is -1.82. The molecule has 3 N–H and O–H groups in total. The lowest BCUT2D eigenvalue weighted by Gasteiger charge is -2.64. The van der Waals surface area contributed by atoms with Gasteiger partial charge in [0.25, 0.3) is 5.91 Å². The zero-order valence-corrected chi connectivity index (χ0v) is 37.2. The van der Waals surface area contributed by atoms with Gasteiger partial charge in [0, 0.05) is 90.9 Å². The van der Waals surface area contributed by atoms with Crippen LogP contribution in [-0.2, 0) is 36.3 Å². The Morgan fingerprint density at radius 3 is 2.60 bits per heavy atom. The van der Waals surface area contributed by atoms with Crippen LogP contribution in [0.25, 0.3) is 10.9 Å². The molecule has 1 saturated heterocycles. The fourth-order valence-electron chi connectivity index (χ4n) is 13.7. The number of esters is 2. The summed E-state index contributed by atoms with van der Waals surface area (Å²) >= 11 is 0. The minimum Gasteiger partial charge on any atom is -0.496 e. The molecule has 1 spiro atoms. The molecule has 2 aromatic carbocycles. The second kappa shape index (κ2) is 15.1. The van der Waals surface area contributed by atoms with Crippen LogP contribution in [-0.4, -0.2) is 122 Å². The average molecular weight is 858 g/mol. The Balaban J connectivity index is 1.25. The molecule has 13 heteroatoms. The first kappa shape index (κ1) is 41.6. The number of H-pyrrole nitrogens is 1. The zero-order chi connectivity index (χ0) is 44.1. The van der Waals surface area contributed by atoms with Gasteiger partial charge in [-0.1, -0.05) is 55.8 Å². The number of hydrogen-bond donors (Lipinski definition) is 3. The van der Waals surface area contributed by atoms with E-state index in [4.69, 9.17) is 18.6 Å². The topological polar surface area (TPSA) is 150 Å². The van der Waals surface area contributed by atoms with Gasteiger partial charge >= 0.3 is 11.9 Å². The summed E-state index contributed by atoms with van der Waals surface area (Å²) in [5.41, 5.74) is 1.98. The van der Waals surface area contributed by atoms with E-state index in [9.17, 15) is 14.7 Å². The van der Waals surface area contributed by atoms with Crippen molar-refractivity contribution in [2.75, 3.05) is 65.4 Å². The number of nitrogens with one attached hydrogen (secondary N) is 2. The molecule has 10 rings (SSSR count).